The van der Waals surface area contributed by atoms with Crippen LogP contribution >= 0.6 is 0 Å². The van der Waals surface area contributed by atoms with E-state index in [1.54, 1.807) is 0 Å². The van der Waals surface area contributed by atoms with Gasteiger partial charge in [-0.25, -0.2) is 0 Å². The lowest BCUT2D eigenvalue weighted by Gasteiger charge is -2.40. The smallest absolute Gasteiger partial charge is 0.0644 e. The summed E-state index contributed by atoms with van der Waals surface area (Å²) < 4.78 is 7.20. The van der Waals surface area contributed by atoms with E-state index in [1.807, 2.05) is 11.6 Å². The Kier molecular flexibility index (Phi) is 4.28. The number of aliphatic hydroxyl groups excluding tert-OH is 1. The van der Waals surface area contributed by atoms with Crippen molar-refractivity contribution in [2.45, 2.75) is 33.9 Å². The molecule has 19 heavy (non-hydrogen) atoms. The molecule has 5 nitrogen and oxygen atoms in total. The number of rotatable bonds is 6. The Morgan fingerprint density at radius 1 is 1.42 bits per heavy atom. The van der Waals surface area contributed by atoms with E-state index in [9.17, 15) is 0 Å². The van der Waals surface area contributed by atoms with Crippen LogP contribution in [0.15, 0.2) is 0 Å². The molecule has 1 aromatic rings. The van der Waals surface area contributed by atoms with Crippen LogP contribution in [0.25, 0.3) is 0 Å². The highest BCUT2D eigenvalue weighted by atomic mass is 16.5. The number of hydrogen-bond acceptors (Lipinski definition) is 4. The van der Waals surface area contributed by atoms with Crippen LogP contribution in [0.4, 0.5) is 0 Å². The minimum atomic E-state index is 0.132. The molecular weight excluding hydrogens is 242 g/mol. The Balaban J connectivity index is 2.01. The number of aryl methyl sites for hydroxylation is 1. The van der Waals surface area contributed by atoms with E-state index in [2.05, 4.69) is 30.9 Å². The topological polar surface area (TPSA) is 50.5 Å². The first-order valence-electron chi connectivity index (χ1n) is 6.85. The van der Waals surface area contributed by atoms with E-state index in [-0.39, 0.29) is 6.61 Å². The second-order valence-corrected chi connectivity index (χ2v) is 6.07. The molecular formula is C14H25N3O2. The molecule has 0 radical (unpaired) electrons. The van der Waals surface area contributed by atoms with Gasteiger partial charge in [-0.15, -0.1) is 0 Å². The third kappa shape index (κ3) is 3.16. The minimum absolute atomic E-state index is 0.132. The molecule has 0 unspecified atom stereocenters. The quantitative estimate of drug-likeness (QED) is 0.834. The third-order valence-corrected chi connectivity index (χ3v) is 3.82. The van der Waals surface area contributed by atoms with Gasteiger partial charge in [0.05, 0.1) is 32.1 Å². The molecule has 1 fully saturated rings. The van der Waals surface area contributed by atoms with Crippen LogP contribution in [0.1, 0.15) is 23.9 Å². The Labute approximate surface area is 115 Å². The van der Waals surface area contributed by atoms with Crippen molar-refractivity contribution in [1.82, 2.24) is 14.7 Å². The largest absolute Gasteiger partial charge is 0.394 e. The molecule has 0 atom stereocenters. The van der Waals surface area contributed by atoms with Gasteiger partial charge < -0.3 is 14.7 Å². The van der Waals surface area contributed by atoms with Gasteiger partial charge in [0.1, 0.15) is 0 Å². The van der Waals surface area contributed by atoms with Gasteiger partial charge in [0, 0.05) is 29.8 Å². The van der Waals surface area contributed by atoms with Crippen LogP contribution < -0.4 is 0 Å². The Hall–Kier alpha value is -0.910. The lowest BCUT2D eigenvalue weighted by atomic mass is 9.88. The number of nitrogens with zero attached hydrogens (tertiary/aromatic N) is 3. The van der Waals surface area contributed by atoms with E-state index in [0.717, 1.165) is 37.7 Å². The van der Waals surface area contributed by atoms with Gasteiger partial charge in [0.25, 0.3) is 0 Å². The normalized spacial score (nSPS) is 17.8. The van der Waals surface area contributed by atoms with Crippen molar-refractivity contribution in [1.29, 1.82) is 0 Å². The molecule has 0 bridgehead atoms. The van der Waals surface area contributed by atoms with Gasteiger partial charge in [-0.3, -0.25) is 4.68 Å². The summed E-state index contributed by atoms with van der Waals surface area (Å²) in [5, 5.41) is 13.5. The number of hydrogen-bond donors (Lipinski definition) is 1. The predicted molar refractivity (Wildman–Crippen MR) is 74.0 cm³/mol. The van der Waals surface area contributed by atoms with E-state index < -0.39 is 0 Å². The molecule has 0 saturated carbocycles. The van der Waals surface area contributed by atoms with Gasteiger partial charge in [0.2, 0.25) is 0 Å². The van der Waals surface area contributed by atoms with Gasteiger partial charge in [-0.1, -0.05) is 6.92 Å². The second-order valence-electron chi connectivity index (χ2n) is 6.07. The summed E-state index contributed by atoms with van der Waals surface area (Å²) in [6, 6.07) is 0. The fraction of sp³-hybridized carbons (Fsp3) is 0.786. The van der Waals surface area contributed by atoms with Crippen molar-refractivity contribution in [2.24, 2.45) is 5.41 Å². The third-order valence-electron chi connectivity index (χ3n) is 3.82. The zero-order chi connectivity index (χ0) is 14.0. The van der Waals surface area contributed by atoms with Crippen LogP contribution in [-0.4, -0.2) is 53.2 Å². The maximum absolute atomic E-state index is 9.03. The highest BCUT2D eigenvalue weighted by molar-refractivity contribution is 5.24. The molecule has 1 saturated heterocycles. The summed E-state index contributed by atoms with van der Waals surface area (Å²) in [6.07, 6.45) is 0. The molecule has 5 heteroatoms. The molecule has 1 aromatic heterocycles. The Morgan fingerprint density at radius 2 is 2.11 bits per heavy atom. The molecule has 0 aromatic carbocycles. The molecule has 2 rings (SSSR count). The fourth-order valence-corrected chi connectivity index (χ4v) is 2.79. The van der Waals surface area contributed by atoms with E-state index in [1.165, 1.54) is 5.56 Å². The maximum atomic E-state index is 9.03. The molecule has 0 spiro atoms. The highest BCUT2D eigenvalue weighted by Crippen LogP contribution is 2.28. The van der Waals surface area contributed by atoms with Crippen LogP contribution in [0.2, 0.25) is 0 Å². The van der Waals surface area contributed by atoms with Crippen LogP contribution in [-0.2, 0) is 17.8 Å². The second kappa shape index (κ2) is 5.61. The van der Waals surface area contributed by atoms with Crippen LogP contribution in [0.5, 0.6) is 0 Å². The van der Waals surface area contributed by atoms with E-state index >= 15 is 0 Å². The molecule has 0 aliphatic carbocycles. The van der Waals surface area contributed by atoms with Crippen LogP contribution in [0, 0.1) is 19.3 Å². The minimum Gasteiger partial charge on any atom is -0.394 e. The maximum Gasteiger partial charge on any atom is 0.0644 e. The molecule has 1 aliphatic rings. The molecule has 1 N–H and O–H groups in total. The standard InChI is InChI=1S/C14H25N3O2/c1-11-13(12(2)17(15-11)5-6-18)7-16(4)8-14(3)9-19-10-14/h18H,5-10H2,1-4H3. The zero-order valence-electron chi connectivity index (χ0n) is 12.4. The summed E-state index contributed by atoms with van der Waals surface area (Å²) in [6.45, 7) is 10.7. The van der Waals surface area contributed by atoms with Crippen molar-refractivity contribution >= 4 is 0 Å². The van der Waals surface area contributed by atoms with Gasteiger partial charge in [0.15, 0.2) is 0 Å². The van der Waals surface area contributed by atoms with E-state index in [0.29, 0.717) is 12.0 Å². The summed E-state index contributed by atoms with van der Waals surface area (Å²) in [5.41, 5.74) is 3.80. The number of aliphatic hydroxyl groups is 1. The average Bonchev–Trinajstić information content (AvgIpc) is 2.55. The highest BCUT2D eigenvalue weighted by Gasteiger charge is 2.34. The van der Waals surface area contributed by atoms with Crippen molar-refractivity contribution < 1.29 is 9.84 Å². The molecule has 108 valence electrons. The van der Waals surface area contributed by atoms with Gasteiger partial charge in [-0.05, 0) is 20.9 Å². The van der Waals surface area contributed by atoms with Gasteiger partial charge in [-0.2, -0.15) is 5.10 Å². The van der Waals surface area contributed by atoms with Crippen molar-refractivity contribution in [3.05, 3.63) is 17.0 Å². The van der Waals surface area contributed by atoms with Crippen molar-refractivity contribution in [3.63, 3.8) is 0 Å². The lowest BCUT2D eigenvalue weighted by Crippen LogP contribution is -2.47. The fourth-order valence-electron chi connectivity index (χ4n) is 2.79. The first-order valence-corrected chi connectivity index (χ1v) is 6.85. The monoisotopic (exact) mass is 267 g/mol. The molecule has 0 amide bonds. The number of ether oxygens (including phenoxy) is 1. The summed E-state index contributed by atoms with van der Waals surface area (Å²) in [7, 11) is 2.14. The summed E-state index contributed by atoms with van der Waals surface area (Å²) in [5.74, 6) is 0. The lowest BCUT2D eigenvalue weighted by molar-refractivity contribution is -0.113. The number of aromatic nitrogens is 2. The molecule has 2 heterocycles. The Bertz CT molecular complexity index is 438. The van der Waals surface area contributed by atoms with Crippen molar-refractivity contribution in [3.8, 4) is 0 Å². The first kappa shape index (κ1) is 14.5. The zero-order valence-corrected chi connectivity index (χ0v) is 12.4. The van der Waals surface area contributed by atoms with Crippen LogP contribution in [0.3, 0.4) is 0 Å². The Morgan fingerprint density at radius 3 is 2.63 bits per heavy atom. The average molecular weight is 267 g/mol. The summed E-state index contributed by atoms with van der Waals surface area (Å²) >= 11 is 0. The first-order chi connectivity index (χ1) is 8.95. The predicted octanol–water partition coefficient (Wildman–Crippen LogP) is 0.961. The molecule has 1 aliphatic heterocycles. The summed E-state index contributed by atoms with van der Waals surface area (Å²) in [4.78, 5) is 2.34. The SMILES string of the molecule is Cc1nn(CCO)c(C)c1CN(C)CC1(C)COC1. The van der Waals surface area contributed by atoms with Crippen molar-refractivity contribution in [2.75, 3.05) is 33.4 Å². The van der Waals surface area contributed by atoms with Gasteiger partial charge >= 0.3 is 0 Å². The van der Waals surface area contributed by atoms with E-state index in [4.69, 9.17) is 9.84 Å².